The molecule has 1 fully saturated rings. The lowest BCUT2D eigenvalue weighted by atomic mass is 9.98. The van der Waals surface area contributed by atoms with Crippen molar-refractivity contribution in [1.82, 2.24) is 9.97 Å². The molecule has 0 radical (unpaired) electrons. The fourth-order valence-electron chi connectivity index (χ4n) is 3.99. The predicted molar refractivity (Wildman–Crippen MR) is 123 cm³/mol. The molecule has 0 saturated carbocycles. The van der Waals surface area contributed by atoms with Crippen molar-refractivity contribution in [3.63, 3.8) is 0 Å². The molecule has 0 bridgehead atoms. The Morgan fingerprint density at radius 2 is 1.80 bits per heavy atom. The van der Waals surface area contributed by atoms with Crippen molar-refractivity contribution in [2.45, 2.75) is 39.7 Å². The molecule has 7 heteroatoms. The summed E-state index contributed by atoms with van der Waals surface area (Å²) in [4.78, 5) is 24.9. The molecule has 3 aromatic rings. The number of piperidine rings is 1. The molecule has 3 heterocycles. The first-order valence-electron chi connectivity index (χ1n) is 10.2. The Balaban J connectivity index is 1.78. The molecule has 3 N–H and O–H groups in total. The van der Waals surface area contributed by atoms with Crippen LogP contribution in [0.1, 0.15) is 38.6 Å². The van der Waals surface area contributed by atoms with Crippen LogP contribution in [0, 0.1) is 20.8 Å². The first kappa shape index (κ1) is 20.5. The molecule has 0 atom stereocenters. The Morgan fingerprint density at radius 3 is 2.43 bits per heavy atom. The van der Waals surface area contributed by atoms with E-state index in [1.807, 2.05) is 13.1 Å². The molecule has 1 amide bonds. The molecule has 1 aromatic carbocycles. The summed E-state index contributed by atoms with van der Waals surface area (Å²) < 4.78 is 0. The summed E-state index contributed by atoms with van der Waals surface area (Å²) >= 11 is 1.39. The van der Waals surface area contributed by atoms with Crippen molar-refractivity contribution in [3.05, 3.63) is 57.8 Å². The zero-order valence-electron chi connectivity index (χ0n) is 17.6. The lowest BCUT2D eigenvalue weighted by molar-refractivity contribution is 0.102. The van der Waals surface area contributed by atoms with Crippen LogP contribution in [-0.2, 0) is 0 Å². The van der Waals surface area contributed by atoms with Gasteiger partial charge in [0.1, 0.15) is 0 Å². The number of thiazole rings is 1. The van der Waals surface area contributed by atoms with Gasteiger partial charge in [-0.2, -0.15) is 0 Å². The second-order valence-electron chi connectivity index (χ2n) is 8.01. The molecule has 4 rings (SSSR count). The van der Waals surface area contributed by atoms with E-state index in [0.29, 0.717) is 10.7 Å². The Labute approximate surface area is 181 Å². The van der Waals surface area contributed by atoms with Gasteiger partial charge in [0.05, 0.1) is 17.6 Å². The molecule has 1 aliphatic rings. The van der Waals surface area contributed by atoms with E-state index >= 15 is 0 Å². The minimum Gasteiger partial charge on any atom is -0.369 e. The number of nitrogens with zero attached hydrogens (tertiary/aromatic N) is 3. The Bertz CT molecular complexity index is 1050. The number of aryl methyl sites for hydroxylation is 3. The minimum atomic E-state index is -0.206. The normalized spacial score (nSPS) is 14.7. The maximum atomic E-state index is 12.8. The summed E-state index contributed by atoms with van der Waals surface area (Å²) in [5.41, 5.74) is 12.4. The monoisotopic (exact) mass is 421 g/mol. The minimum absolute atomic E-state index is 0.206. The number of carbonyl (C=O) groups excluding carboxylic acids is 1. The highest BCUT2D eigenvalue weighted by atomic mass is 32.1. The van der Waals surface area contributed by atoms with Crippen molar-refractivity contribution in [2.75, 3.05) is 23.3 Å². The number of anilines is 2. The highest BCUT2D eigenvalue weighted by molar-refractivity contribution is 7.13. The Kier molecular flexibility index (Phi) is 5.83. The number of aromatic nitrogens is 2. The van der Waals surface area contributed by atoms with Crippen LogP contribution in [0.4, 0.5) is 11.4 Å². The lowest BCUT2D eigenvalue weighted by Gasteiger charge is -2.34. The molecule has 0 aliphatic carbocycles. The molecular weight excluding hydrogens is 394 g/mol. The largest absolute Gasteiger partial charge is 0.369 e. The highest BCUT2D eigenvalue weighted by Crippen LogP contribution is 2.38. The van der Waals surface area contributed by atoms with E-state index in [-0.39, 0.29) is 11.9 Å². The molecule has 1 saturated heterocycles. The van der Waals surface area contributed by atoms with E-state index in [9.17, 15) is 4.79 Å². The number of pyridine rings is 1. The van der Waals surface area contributed by atoms with Crippen LogP contribution >= 0.6 is 11.3 Å². The van der Waals surface area contributed by atoms with Crippen LogP contribution in [0.2, 0.25) is 0 Å². The summed E-state index contributed by atoms with van der Waals surface area (Å²) in [5.74, 6) is -0.206. The number of amides is 1. The van der Waals surface area contributed by atoms with Crippen molar-refractivity contribution >= 4 is 28.6 Å². The maximum absolute atomic E-state index is 12.8. The molecule has 1 aliphatic heterocycles. The first-order valence-corrected chi connectivity index (χ1v) is 11.0. The van der Waals surface area contributed by atoms with Gasteiger partial charge in [0.2, 0.25) is 0 Å². The van der Waals surface area contributed by atoms with E-state index in [0.717, 1.165) is 47.6 Å². The van der Waals surface area contributed by atoms with Crippen molar-refractivity contribution < 1.29 is 4.79 Å². The van der Waals surface area contributed by atoms with Gasteiger partial charge in [-0.1, -0.05) is 29.3 Å². The van der Waals surface area contributed by atoms with Gasteiger partial charge in [0.25, 0.3) is 5.91 Å². The summed E-state index contributed by atoms with van der Waals surface area (Å²) in [6, 6.07) is 6.72. The van der Waals surface area contributed by atoms with Crippen molar-refractivity contribution in [1.29, 1.82) is 0 Å². The van der Waals surface area contributed by atoms with Crippen LogP contribution in [0.3, 0.4) is 0 Å². The van der Waals surface area contributed by atoms with Crippen LogP contribution in [-0.4, -0.2) is 35.0 Å². The van der Waals surface area contributed by atoms with Crippen LogP contribution < -0.4 is 16.0 Å². The van der Waals surface area contributed by atoms with Crippen LogP contribution in [0.25, 0.3) is 11.1 Å². The van der Waals surface area contributed by atoms with E-state index in [1.165, 1.54) is 22.5 Å². The number of carbonyl (C=O) groups is 1. The number of nitrogens with one attached hydrogen (secondary N) is 1. The second kappa shape index (κ2) is 8.53. The van der Waals surface area contributed by atoms with Gasteiger partial charge in [-0.15, -0.1) is 11.3 Å². The summed E-state index contributed by atoms with van der Waals surface area (Å²) in [5, 5.41) is 3.52. The van der Waals surface area contributed by atoms with Gasteiger partial charge in [0.15, 0.2) is 5.01 Å². The molecule has 156 valence electrons. The molecule has 0 spiro atoms. The van der Waals surface area contributed by atoms with Crippen LogP contribution in [0.5, 0.6) is 0 Å². The lowest BCUT2D eigenvalue weighted by Crippen LogP contribution is -2.40. The standard InChI is InChI=1S/C23H27N5OS/c1-14-8-15(2)10-17(9-14)19-12-25-13-20(21(19)28-6-4-18(24)5-7-28)27-22(29)23-26-11-16(3)30-23/h8-13,18H,4-7,24H2,1-3H3,(H,27,29). The van der Waals surface area contributed by atoms with Crippen molar-refractivity contribution in [3.8, 4) is 11.1 Å². The fraction of sp³-hybridized carbons (Fsp3) is 0.348. The summed E-state index contributed by atoms with van der Waals surface area (Å²) in [7, 11) is 0. The molecule has 6 nitrogen and oxygen atoms in total. The van der Waals surface area contributed by atoms with E-state index in [2.05, 4.69) is 52.2 Å². The van der Waals surface area contributed by atoms with Gasteiger partial charge in [0, 0.05) is 42.0 Å². The topological polar surface area (TPSA) is 84.1 Å². The number of nitrogens with two attached hydrogens (primary N) is 1. The predicted octanol–water partition coefficient (Wildman–Crippen LogP) is 4.31. The highest BCUT2D eigenvalue weighted by Gasteiger charge is 2.24. The first-order chi connectivity index (χ1) is 14.4. The third-order valence-electron chi connectivity index (χ3n) is 5.37. The average molecular weight is 422 g/mol. The second-order valence-corrected chi connectivity index (χ2v) is 9.25. The van der Waals surface area contributed by atoms with E-state index < -0.39 is 0 Å². The van der Waals surface area contributed by atoms with Gasteiger partial charge < -0.3 is 16.0 Å². The maximum Gasteiger partial charge on any atom is 0.284 e. The third kappa shape index (κ3) is 4.37. The molecule has 30 heavy (non-hydrogen) atoms. The van der Waals surface area contributed by atoms with Crippen LogP contribution in [0.15, 0.2) is 36.8 Å². The smallest absolute Gasteiger partial charge is 0.284 e. The van der Waals surface area contributed by atoms with Crippen molar-refractivity contribution in [2.24, 2.45) is 5.73 Å². The molecule has 0 unspecified atom stereocenters. The third-order valence-corrected chi connectivity index (χ3v) is 6.28. The van der Waals surface area contributed by atoms with E-state index in [1.54, 1.807) is 12.4 Å². The number of rotatable bonds is 4. The SMILES string of the molecule is Cc1cc(C)cc(-c2cncc(NC(=O)c3ncc(C)s3)c2N2CCC(N)CC2)c1. The van der Waals surface area contributed by atoms with E-state index in [4.69, 9.17) is 5.73 Å². The fourth-order valence-corrected chi connectivity index (χ4v) is 4.65. The van der Waals surface area contributed by atoms with Gasteiger partial charge >= 0.3 is 0 Å². The quantitative estimate of drug-likeness (QED) is 0.656. The Morgan fingerprint density at radius 1 is 1.10 bits per heavy atom. The molecular formula is C23H27N5OS. The average Bonchev–Trinajstić information content (AvgIpc) is 3.14. The van der Waals surface area contributed by atoms with Gasteiger partial charge in [-0.3, -0.25) is 9.78 Å². The zero-order valence-corrected chi connectivity index (χ0v) is 18.4. The molecule has 2 aromatic heterocycles. The van der Waals surface area contributed by atoms with Gasteiger partial charge in [-0.25, -0.2) is 4.98 Å². The Hall–Kier alpha value is -2.77. The number of hydrogen-bond acceptors (Lipinski definition) is 6. The zero-order chi connectivity index (χ0) is 21.3. The van der Waals surface area contributed by atoms with Gasteiger partial charge in [-0.05, 0) is 39.2 Å². The summed E-state index contributed by atoms with van der Waals surface area (Å²) in [6.45, 7) is 7.84. The summed E-state index contributed by atoms with van der Waals surface area (Å²) in [6.07, 6.45) is 7.19. The number of hydrogen-bond donors (Lipinski definition) is 2. The number of benzene rings is 1.